The molecule has 2 heterocycles. The molecule has 0 radical (unpaired) electrons. The average molecular weight is 279 g/mol. The van der Waals surface area contributed by atoms with Crippen LogP contribution in [0.15, 0.2) is 18.2 Å². The first-order valence-electron chi connectivity index (χ1n) is 7.46. The molecule has 1 aromatic carbocycles. The summed E-state index contributed by atoms with van der Waals surface area (Å²) < 4.78 is 0. The molecule has 0 saturated carbocycles. The lowest BCUT2D eigenvalue weighted by atomic mass is 10.0. The maximum Gasteiger partial charge on any atom is 0.0453 e. The maximum absolute atomic E-state index is 6.37. The molecule has 2 fully saturated rings. The number of nitrogens with zero attached hydrogens (tertiary/aromatic N) is 1. The van der Waals surface area contributed by atoms with Crippen molar-refractivity contribution in [2.45, 2.75) is 51.2 Å². The molecule has 2 atom stereocenters. The predicted octanol–water partition coefficient (Wildman–Crippen LogP) is 3.36. The third kappa shape index (κ3) is 2.96. The highest BCUT2D eigenvalue weighted by Gasteiger charge is 2.33. The summed E-state index contributed by atoms with van der Waals surface area (Å²) in [6.07, 6.45) is 5.33. The normalized spacial score (nSPS) is 28.1. The number of hydrogen-bond donors (Lipinski definition) is 1. The third-order valence-electron chi connectivity index (χ3n) is 4.56. The second-order valence-electron chi connectivity index (χ2n) is 5.98. The van der Waals surface area contributed by atoms with Crippen LogP contribution in [0.3, 0.4) is 0 Å². The zero-order valence-electron chi connectivity index (χ0n) is 11.7. The first-order chi connectivity index (χ1) is 9.24. The van der Waals surface area contributed by atoms with Crippen molar-refractivity contribution in [1.82, 2.24) is 10.2 Å². The molecule has 2 saturated heterocycles. The van der Waals surface area contributed by atoms with E-state index in [0.717, 1.165) is 11.6 Å². The van der Waals surface area contributed by atoms with E-state index < -0.39 is 0 Å². The molecular formula is C16H23ClN2. The van der Waals surface area contributed by atoms with Gasteiger partial charge in [0.05, 0.1) is 0 Å². The fourth-order valence-corrected chi connectivity index (χ4v) is 3.84. The molecule has 0 aromatic heterocycles. The highest BCUT2D eigenvalue weighted by molar-refractivity contribution is 6.31. The Morgan fingerprint density at radius 1 is 1.32 bits per heavy atom. The van der Waals surface area contributed by atoms with Gasteiger partial charge in [0, 0.05) is 23.7 Å². The van der Waals surface area contributed by atoms with Crippen molar-refractivity contribution in [2.75, 3.05) is 13.1 Å². The SMILES string of the molecule is Cc1ccc(CN2CCCC2C2CCCN2)c(Cl)c1. The lowest BCUT2D eigenvalue weighted by Crippen LogP contribution is -2.43. The van der Waals surface area contributed by atoms with Crippen LogP contribution in [0.2, 0.25) is 5.02 Å². The predicted molar refractivity (Wildman–Crippen MR) is 80.6 cm³/mol. The summed E-state index contributed by atoms with van der Waals surface area (Å²) in [6.45, 7) is 5.51. The zero-order chi connectivity index (χ0) is 13.2. The number of likely N-dealkylation sites (tertiary alicyclic amines) is 1. The van der Waals surface area contributed by atoms with Gasteiger partial charge in [-0.15, -0.1) is 0 Å². The van der Waals surface area contributed by atoms with Crippen molar-refractivity contribution in [1.29, 1.82) is 0 Å². The minimum Gasteiger partial charge on any atom is -0.312 e. The highest BCUT2D eigenvalue weighted by atomic mass is 35.5. The van der Waals surface area contributed by atoms with Gasteiger partial charge in [0.25, 0.3) is 0 Å². The average Bonchev–Trinajstić information content (AvgIpc) is 3.03. The molecule has 2 unspecified atom stereocenters. The molecule has 0 spiro atoms. The fourth-order valence-electron chi connectivity index (χ4n) is 3.54. The maximum atomic E-state index is 6.37. The Bertz CT molecular complexity index is 440. The van der Waals surface area contributed by atoms with Crippen molar-refractivity contribution >= 4 is 11.6 Å². The summed E-state index contributed by atoms with van der Waals surface area (Å²) in [6, 6.07) is 7.84. The highest BCUT2D eigenvalue weighted by Crippen LogP contribution is 2.28. The smallest absolute Gasteiger partial charge is 0.0453 e. The molecule has 2 aliphatic heterocycles. The molecule has 0 amide bonds. The molecule has 1 aromatic rings. The Balaban J connectivity index is 1.70. The summed E-state index contributed by atoms with van der Waals surface area (Å²) in [5.41, 5.74) is 2.52. The minimum absolute atomic E-state index is 0.701. The Kier molecular flexibility index (Phi) is 4.11. The summed E-state index contributed by atoms with van der Waals surface area (Å²) in [5, 5.41) is 4.58. The number of hydrogen-bond acceptors (Lipinski definition) is 2. The van der Waals surface area contributed by atoms with Gasteiger partial charge in [-0.1, -0.05) is 23.7 Å². The lowest BCUT2D eigenvalue weighted by molar-refractivity contribution is 0.206. The van der Waals surface area contributed by atoms with E-state index in [2.05, 4.69) is 35.3 Å². The monoisotopic (exact) mass is 278 g/mol. The van der Waals surface area contributed by atoms with Crippen molar-refractivity contribution in [3.63, 3.8) is 0 Å². The van der Waals surface area contributed by atoms with Crippen molar-refractivity contribution in [2.24, 2.45) is 0 Å². The van der Waals surface area contributed by atoms with E-state index in [1.807, 2.05) is 0 Å². The lowest BCUT2D eigenvalue weighted by Gasteiger charge is -2.29. The van der Waals surface area contributed by atoms with Gasteiger partial charge in [-0.05, 0) is 62.9 Å². The van der Waals surface area contributed by atoms with Crippen molar-refractivity contribution in [3.8, 4) is 0 Å². The number of aryl methyl sites for hydroxylation is 1. The first kappa shape index (κ1) is 13.4. The van der Waals surface area contributed by atoms with Crippen molar-refractivity contribution < 1.29 is 0 Å². The third-order valence-corrected chi connectivity index (χ3v) is 4.91. The van der Waals surface area contributed by atoms with Gasteiger partial charge in [-0.3, -0.25) is 4.90 Å². The second-order valence-corrected chi connectivity index (χ2v) is 6.38. The molecular weight excluding hydrogens is 256 g/mol. The Labute approximate surface area is 121 Å². The van der Waals surface area contributed by atoms with Crippen molar-refractivity contribution in [3.05, 3.63) is 34.3 Å². The fraction of sp³-hybridized carbons (Fsp3) is 0.625. The van der Waals surface area contributed by atoms with Crippen LogP contribution in [0.4, 0.5) is 0 Å². The molecule has 2 nitrogen and oxygen atoms in total. The van der Waals surface area contributed by atoms with Gasteiger partial charge in [0.2, 0.25) is 0 Å². The van der Waals surface area contributed by atoms with Crippen LogP contribution in [0.1, 0.15) is 36.8 Å². The standard InChI is InChI=1S/C16H23ClN2/c1-12-6-7-13(14(17)10-12)11-19-9-3-5-16(19)15-4-2-8-18-15/h6-7,10,15-16,18H,2-5,8-9,11H2,1H3. The summed E-state index contributed by atoms with van der Waals surface area (Å²) in [4.78, 5) is 2.62. The topological polar surface area (TPSA) is 15.3 Å². The second kappa shape index (κ2) is 5.82. The minimum atomic E-state index is 0.701. The Morgan fingerprint density at radius 3 is 2.95 bits per heavy atom. The van der Waals surface area contributed by atoms with Gasteiger partial charge in [0.15, 0.2) is 0 Å². The van der Waals surface area contributed by atoms with Gasteiger partial charge in [-0.25, -0.2) is 0 Å². The van der Waals surface area contributed by atoms with E-state index in [1.165, 1.54) is 49.9 Å². The Hall–Kier alpha value is -0.570. The van der Waals surface area contributed by atoms with E-state index in [9.17, 15) is 0 Å². The molecule has 104 valence electrons. The summed E-state index contributed by atoms with van der Waals surface area (Å²) in [7, 11) is 0. The van der Waals surface area contributed by atoms with Crippen LogP contribution in [-0.2, 0) is 6.54 Å². The summed E-state index contributed by atoms with van der Waals surface area (Å²) in [5.74, 6) is 0. The first-order valence-corrected chi connectivity index (χ1v) is 7.84. The van der Waals surface area contributed by atoms with Crippen LogP contribution in [0, 0.1) is 6.92 Å². The van der Waals surface area contributed by atoms with Crippen LogP contribution >= 0.6 is 11.6 Å². The molecule has 19 heavy (non-hydrogen) atoms. The largest absolute Gasteiger partial charge is 0.312 e. The van der Waals surface area contributed by atoms with Crippen LogP contribution < -0.4 is 5.32 Å². The number of halogens is 1. The zero-order valence-corrected chi connectivity index (χ0v) is 12.4. The van der Waals surface area contributed by atoms with E-state index in [-0.39, 0.29) is 0 Å². The van der Waals surface area contributed by atoms with E-state index in [0.29, 0.717) is 12.1 Å². The molecule has 3 rings (SSSR count). The number of benzene rings is 1. The van der Waals surface area contributed by atoms with Gasteiger partial charge < -0.3 is 5.32 Å². The van der Waals surface area contributed by atoms with Crippen LogP contribution in [-0.4, -0.2) is 30.1 Å². The Morgan fingerprint density at radius 2 is 2.21 bits per heavy atom. The molecule has 0 bridgehead atoms. The van der Waals surface area contributed by atoms with Gasteiger partial charge >= 0.3 is 0 Å². The molecule has 1 N–H and O–H groups in total. The molecule has 0 aliphatic carbocycles. The number of rotatable bonds is 3. The van der Waals surface area contributed by atoms with Gasteiger partial charge in [0.1, 0.15) is 0 Å². The summed E-state index contributed by atoms with van der Waals surface area (Å²) >= 11 is 6.37. The number of nitrogens with one attached hydrogen (secondary N) is 1. The van der Waals surface area contributed by atoms with E-state index in [4.69, 9.17) is 11.6 Å². The van der Waals surface area contributed by atoms with E-state index in [1.54, 1.807) is 0 Å². The van der Waals surface area contributed by atoms with Crippen LogP contribution in [0.25, 0.3) is 0 Å². The quantitative estimate of drug-likeness (QED) is 0.912. The van der Waals surface area contributed by atoms with E-state index >= 15 is 0 Å². The van der Waals surface area contributed by atoms with Gasteiger partial charge in [-0.2, -0.15) is 0 Å². The van der Waals surface area contributed by atoms with Crippen LogP contribution in [0.5, 0.6) is 0 Å². The molecule has 2 aliphatic rings. The molecule has 3 heteroatoms.